The number of nitrogens with zero attached hydrogens (tertiary/aromatic N) is 4. The third-order valence-corrected chi connectivity index (χ3v) is 1.65. The van der Waals surface area contributed by atoms with Crippen LogP contribution in [0.2, 0.25) is 0 Å². The zero-order valence-electron chi connectivity index (χ0n) is 9.89. The van der Waals surface area contributed by atoms with Gasteiger partial charge in [-0.2, -0.15) is 0 Å². The maximum atomic E-state index is 8.03. The maximum Gasteiger partial charge on any atom is 0.101 e. The zero-order valence-corrected chi connectivity index (χ0v) is 12.2. The average molecular weight is 427 g/mol. The number of oxime groups is 4. The van der Waals surface area contributed by atoms with Crippen molar-refractivity contribution in [3.8, 4) is 0 Å². The predicted molar refractivity (Wildman–Crippen MR) is 59.6 cm³/mol. The number of hydrogen-bond acceptors (Lipinski definition) is 8. The molecule has 0 aliphatic heterocycles. The average Bonchev–Trinajstić information content (AvgIpc) is 2.35. The summed E-state index contributed by atoms with van der Waals surface area (Å²) in [7, 11) is 0. The minimum Gasteiger partial charge on any atom is -0.411 e. The van der Waals surface area contributed by atoms with Crippen LogP contribution in [0.3, 0.4) is 0 Å². The van der Waals surface area contributed by atoms with Gasteiger partial charge in [0, 0.05) is 21.1 Å². The smallest absolute Gasteiger partial charge is 0.101 e. The van der Waals surface area contributed by atoms with Crippen LogP contribution in [-0.2, 0) is 21.1 Å². The molecule has 0 rings (SSSR count). The molecule has 0 saturated carbocycles. The molecule has 0 fully saturated rings. The van der Waals surface area contributed by atoms with E-state index in [-0.39, 0.29) is 21.1 Å². The van der Waals surface area contributed by atoms with Crippen LogP contribution in [0.5, 0.6) is 0 Å². The van der Waals surface area contributed by atoms with Gasteiger partial charge in [0.05, 0.1) is 0 Å². The Morgan fingerprint density at radius 1 is 0.529 bits per heavy atom. The van der Waals surface area contributed by atoms with Gasteiger partial charge in [-0.25, -0.2) is 0 Å². The Bertz CT molecular complexity index is 261. The van der Waals surface area contributed by atoms with Gasteiger partial charge < -0.3 is 20.8 Å². The van der Waals surface area contributed by atoms with Gasteiger partial charge in [-0.05, 0) is 27.7 Å². The Hall–Kier alpha value is -1.43. The minimum absolute atomic E-state index is 0. The molecular weight excluding hydrogens is 411 g/mol. The third kappa shape index (κ3) is 10.8. The van der Waals surface area contributed by atoms with Crippen molar-refractivity contribution in [2.24, 2.45) is 20.6 Å². The fourth-order valence-corrected chi connectivity index (χ4v) is 0.289. The summed E-state index contributed by atoms with van der Waals surface area (Å²) in [6.45, 7) is 6.15. The molecule has 0 atom stereocenters. The Morgan fingerprint density at radius 3 is 0.706 bits per heavy atom. The van der Waals surface area contributed by atoms with Crippen LogP contribution in [0.15, 0.2) is 20.6 Å². The maximum absolute atomic E-state index is 8.03. The van der Waals surface area contributed by atoms with Crippen LogP contribution in [0.1, 0.15) is 27.7 Å². The van der Waals surface area contributed by atoms with Crippen LogP contribution < -0.4 is 0 Å². The predicted octanol–water partition coefficient (Wildman–Crippen LogP) is 1.37. The van der Waals surface area contributed by atoms with E-state index in [1.54, 1.807) is 0 Å². The first-order chi connectivity index (χ1) is 7.44. The Labute approximate surface area is 113 Å². The quantitative estimate of drug-likeness (QED) is 0.301. The van der Waals surface area contributed by atoms with Gasteiger partial charge in [-0.1, -0.05) is 20.6 Å². The summed E-state index contributed by atoms with van der Waals surface area (Å²) in [5, 5.41) is 43.3. The molecule has 17 heavy (non-hydrogen) atoms. The molecule has 0 radical (unpaired) electrons. The molecule has 0 aromatic rings. The fraction of sp³-hybridized carbons (Fsp3) is 0.500. The van der Waals surface area contributed by atoms with Crippen molar-refractivity contribution in [1.82, 2.24) is 0 Å². The van der Waals surface area contributed by atoms with E-state index in [2.05, 4.69) is 20.6 Å². The molecule has 0 amide bonds. The monoisotopic (exact) mass is 427 g/mol. The van der Waals surface area contributed by atoms with Gasteiger partial charge in [0.15, 0.2) is 0 Å². The van der Waals surface area contributed by atoms with E-state index in [4.69, 9.17) is 20.8 Å². The summed E-state index contributed by atoms with van der Waals surface area (Å²) in [6, 6.07) is 0. The molecule has 4 N–H and O–H groups in total. The van der Waals surface area contributed by atoms with Crippen molar-refractivity contribution in [1.29, 1.82) is 0 Å². The molecular formula is C8H16N4O4Pt. The van der Waals surface area contributed by atoms with Gasteiger partial charge in [0.2, 0.25) is 0 Å². The molecule has 0 saturated heterocycles. The van der Waals surface area contributed by atoms with Gasteiger partial charge in [-0.15, -0.1) is 0 Å². The van der Waals surface area contributed by atoms with E-state index in [0.717, 1.165) is 0 Å². The molecule has 0 heterocycles. The Kier molecular flexibility index (Phi) is 15.5. The van der Waals surface area contributed by atoms with Crippen molar-refractivity contribution < 1.29 is 41.9 Å². The summed E-state index contributed by atoms with van der Waals surface area (Å²) >= 11 is 0. The summed E-state index contributed by atoms with van der Waals surface area (Å²) in [5.41, 5.74) is 1.25. The van der Waals surface area contributed by atoms with E-state index < -0.39 is 0 Å². The number of rotatable bonds is 2. The van der Waals surface area contributed by atoms with Gasteiger partial charge >= 0.3 is 0 Å². The fourth-order valence-electron chi connectivity index (χ4n) is 0.289. The molecule has 0 aliphatic carbocycles. The second-order valence-corrected chi connectivity index (χ2v) is 2.74. The van der Waals surface area contributed by atoms with E-state index in [1.165, 1.54) is 27.7 Å². The first-order valence-electron chi connectivity index (χ1n) is 4.19. The van der Waals surface area contributed by atoms with Crippen molar-refractivity contribution >= 4 is 22.8 Å². The molecule has 0 aromatic carbocycles. The molecule has 102 valence electrons. The van der Waals surface area contributed by atoms with Crippen LogP contribution in [0.25, 0.3) is 0 Å². The first-order valence-corrected chi connectivity index (χ1v) is 4.19. The topological polar surface area (TPSA) is 130 Å². The molecule has 0 spiro atoms. The summed E-state index contributed by atoms with van der Waals surface area (Å²) < 4.78 is 0. The van der Waals surface area contributed by atoms with Gasteiger partial charge in [0.1, 0.15) is 22.8 Å². The Morgan fingerprint density at radius 2 is 0.647 bits per heavy atom. The van der Waals surface area contributed by atoms with E-state index in [9.17, 15) is 0 Å². The summed E-state index contributed by atoms with van der Waals surface area (Å²) in [6.07, 6.45) is 0. The van der Waals surface area contributed by atoms with E-state index in [1.807, 2.05) is 0 Å². The van der Waals surface area contributed by atoms with Crippen molar-refractivity contribution in [2.75, 3.05) is 0 Å². The SMILES string of the molecule is CC(=NO)C(C)=NO.CC(=NO)C(C)=NO.[Pt]. The second-order valence-electron chi connectivity index (χ2n) is 2.74. The minimum atomic E-state index is 0. The zero-order chi connectivity index (χ0) is 13.1. The molecule has 0 aromatic heterocycles. The van der Waals surface area contributed by atoms with Gasteiger partial charge in [0.25, 0.3) is 0 Å². The molecule has 9 heteroatoms. The Balaban J connectivity index is -0.000000218. The summed E-state index contributed by atoms with van der Waals surface area (Å²) in [5.74, 6) is 0. The second kappa shape index (κ2) is 12.6. The van der Waals surface area contributed by atoms with Crippen molar-refractivity contribution in [3.63, 3.8) is 0 Å². The number of hydrogen-bond donors (Lipinski definition) is 4. The van der Waals surface area contributed by atoms with Crippen molar-refractivity contribution in [3.05, 3.63) is 0 Å². The van der Waals surface area contributed by atoms with Gasteiger partial charge in [-0.3, -0.25) is 0 Å². The summed E-state index contributed by atoms with van der Waals surface area (Å²) in [4.78, 5) is 0. The van der Waals surface area contributed by atoms with Crippen LogP contribution in [0.4, 0.5) is 0 Å². The van der Waals surface area contributed by atoms with Crippen LogP contribution in [0, 0.1) is 0 Å². The van der Waals surface area contributed by atoms with Crippen LogP contribution in [-0.4, -0.2) is 43.7 Å². The molecule has 0 aliphatic rings. The molecule has 8 nitrogen and oxygen atoms in total. The van der Waals surface area contributed by atoms with Crippen molar-refractivity contribution in [2.45, 2.75) is 27.7 Å². The standard InChI is InChI=1S/2C4H8N2O2.Pt/c2*1-3(5-7)4(2)6-8;/h2*7-8H,1-2H3;. The van der Waals surface area contributed by atoms with Crippen LogP contribution >= 0.6 is 0 Å². The van der Waals surface area contributed by atoms with E-state index in [0.29, 0.717) is 22.8 Å². The largest absolute Gasteiger partial charge is 0.411 e. The van der Waals surface area contributed by atoms with E-state index >= 15 is 0 Å². The molecule has 0 unspecified atom stereocenters. The normalized spacial score (nSPS) is 13.4. The first kappa shape index (κ1) is 20.9. The molecule has 0 bridgehead atoms. The third-order valence-electron chi connectivity index (χ3n) is 1.65.